The van der Waals surface area contributed by atoms with Gasteiger partial charge in [-0.05, 0) is 42.0 Å². The molecule has 34 heavy (non-hydrogen) atoms. The van der Waals surface area contributed by atoms with Crippen LogP contribution in [-0.4, -0.2) is 31.9 Å². The van der Waals surface area contributed by atoms with Gasteiger partial charge in [0.25, 0.3) is 5.91 Å². The van der Waals surface area contributed by atoms with Gasteiger partial charge in [0.15, 0.2) is 5.69 Å². The van der Waals surface area contributed by atoms with Gasteiger partial charge >= 0.3 is 5.97 Å². The number of amides is 1. The van der Waals surface area contributed by atoms with Gasteiger partial charge in [-0.15, -0.1) is 0 Å². The van der Waals surface area contributed by atoms with Gasteiger partial charge in [0.1, 0.15) is 23.0 Å². The highest BCUT2D eigenvalue weighted by atomic mass is 19.1. The Morgan fingerprint density at radius 1 is 0.971 bits per heavy atom. The van der Waals surface area contributed by atoms with Crippen molar-refractivity contribution in [2.45, 2.75) is 12.5 Å². The molecule has 3 N–H and O–H groups in total. The molecule has 1 amide bonds. The topological polar surface area (TPSA) is 114 Å². The monoisotopic (exact) mass is 461 g/mol. The highest BCUT2D eigenvalue weighted by Gasteiger charge is 2.22. The van der Waals surface area contributed by atoms with Crippen LogP contribution in [0.4, 0.5) is 4.39 Å². The molecule has 0 saturated heterocycles. The number of nitrogens with zero attached hydrogens (tertiary/aromatic N) is 2. The lowest BCUT2D eigenvalue weighted by Crippen LogP contribution is -2.30. The predicted molar refractivity (Wildman–Crippen MR) is 121 cm³/mol. The Morgan fingerprint density at radius 2 is 1.62 bits per heavy atom. The van der Waals surface area contributed by atoms with Gasteiger partial charge in [-0.3, -0.25) is 9.59 Å². The second-order valence-electron chi connectivity index (χ2n) is 7.36. The van der Waals surface area contributed by atoms with E-state index in [2.05, 4.69) is 10.4 Å². The van der Waals surface area contributed by atoms with Gasteiger partial charge in [0, 0.05) is 6.07 Å². The molecule has 0 aliphatic carbocycles. The first-order chi connectivity index (χ1) is 16.4. The Balaban J connectivity index is 1.52. The summed E-state index contributed by atoms with van der Waals surface area (Å²) in [5, 5.41) is 26.1. The van der Waals surface area contributed by atoms with Crippen LogP contribution in [0, 0.1) is 5.82 Å². The van der Waals surface area contributed by atoms with Crippen molar-refractivity contribution >= 4 is 11.9 Å². The van der Waals surface area contributed by atoms with Gasteiger partial charge in [-0.1, -0.05) is 42.5 Å². The Morgan fingerprint density at radius 3 is 2.29 bits per heavy atom. The molecule has 0 aliphatic rings. The Kier molecular flexibility index (Phi) is 6.54. The van der Waals surface area contributed by atoms with Crippen molar-refractivity contribution in [1.29, 1.82) is 0 Å². The van der Waals surface area contributed by atoms with Gasteiger partial charge < -0.3 is 20.3 Å². The van der Waals surface area contributed by atoms with Crippen LogP contribution in [0.3, 0.4) is 0 Å². The van der Waals surface area contributed by atoms with Crippen LogP contribution in [0.1, 0.15) is 28.5 Å². The summed E-state index contributed by atoms with van der Waals surface area (Å²) in [4.78, 5) is 24.2. The summed E-state index contributed by atoms with van der Waals surface area (Å²) >= 11 is 0. The van der Waals surface area contributed by atoms with E-state index in [1.165, 1.54) is 18.2 Å². The fourth-order valence-corrected chi connectivity index (χ4v) is 3.33. The van der Waals surface area contributed by atoms with Crippen LogP contribution >= 0.6 is 0 Å². The largest absolute Gasteiger partial charge is 0.493 e. The SMILES string of the molecule is O=C(O)CC(NC(=O)c1cc(O)n(-c2ccccc2F)n1)c1ccc(Oc2ccccc2)cc1. The minimum Gasteiger partial charge on any atom is -0.493 e. The first-order valence-corrected chi connectivity index (χ1v) is 10.3. The number of rotatable bonds is 8. The maximum Gasteiger partial charge on any atom is 0.305 e. The molecule has 4 aromatic rings. The molecule has 1 heterocycles. The first kappa shape index (κ1) is 22.5. The highest BCUT2D eigenvalue weighted by molar-refractivity contribution is 5.93. The maximum absolute atomic E-state index is 14.1. The molecule has 0 fully saturated rings. The molecule has 9 heteroatoms. The van der Waals surface area contributed by atoms with E-state index in [1.54, 1.807) is 42.5 Å². The van der Waals surface area contributed by atoms with Crippen LogP contribution in [0.2, 0.25) is 0 Å². The summed E-state index contributed by atoms with van der Waals surface area (Å²) in [6, 6.07) is 21.7. The third-order valence-corrected chi connectivity index (χ3v) is 4.95. The lowest BCUT2D eigenvalue weighted by molar-refractivity contribution is -0.137. The number of halogens is 1. The Labute approximate surface area is 193 Å². The summed E-state index contributed by atoms with van der Waals surface area (Å²) in [7, 11) is 0. The number of benzene rings is 3. The number of carboxylic acids is 1. The van der Waals surface area contributed by atoms with E-state index in [0.717, 1.165) is 10.7 Å². The van der Waals surface area contributed by atoms with Crippen LogP contribution in [0.25, 0.3) is 5.69 Å². The van der Waals surface area contributed by atoms with Crippen molar-refractivity contribution in [3.05, 3.63) is 102 Å². The minimum absolute atomic E-state index is 0.0323. The second kappa shape index (κ2) is 9.86. The lowest BCUT2D eigenvalue weighted by Gasteiger charge is -2.17. The minimum atomic E-state index is -1.12. The van der Waals surface area contributed by atoms with Gasteiger partial charge in [-0.25, -0.2) is 4.39 Å². The number of hydrogen-bond donors (Lipinski definition) is 3. The number of aromatic hydroxyl groups is 1. The molecule has 172 valence electrons. The number of ether oxygens (including phenoxy) is 1. The molecule has 1 atom stereocenters. The number of carboxylic acid groups (broad SMARTS) is 1. The van der Waals surface area contributed by atoms with E-state index in [-0.39, 0.29) is 17.8 Å². The molecule has 0 saturated carbocycles. The average molecular weight is 461 g/mol. The van der Waals surface area contributed by atoms with Crippen LogP contribution in [-0.2, 0) is 4.79 Å². The maximum atomic E-state index is 14.1. The average Bonchev–Trinajstić information content (AvgIpc) is 3.21. The van der Waals surface area contributed by atoms with E-state index in [1.807, 2.05) is 18.2 Å². The predicted octanol–water partition coefficient (Wildman–Crippen LogP) is 4.46. The van der Waals surface area contributed by atoms with Crippen LogP contribution in [0.15, 0.2) is 84.9 Å². The summed E-state index contributed by atoms with van der Waals surface area (Å²) in [5.41, 5.74) is 0.309. The smallest absolute Gasteiger partial charge is 0.305 e. The van der Waals surface area contributed by atoms with E-state index in [9.17, 15) is 24.2 Å². The molecular formula is C25H20FN3O5. The van der Waals surface area contributed by atoms with E-state index >= 15 is 0 Å². The molecule has 0 spiro atoms. The standard InChI is InChI=1S/C25H20FN3O5/c26-19-8-4-5-9-22(19)29-23(30)14-21(28-29)25(33)27-20(15-24(31)32)16-10-12-18(13-11-16)34-17-6-2-1-3-7-17/h1-14,20,30H,15H2,(H,27,33)(H,31,32). The van der Waals surface area contributed by atoms with Crippen molar-refractivity contribution in [1.82, 2.24) is 15.1 Å². The van der Waals surface area contributed by atoms with E-state index in [0.29, 0.717) is 17.1 Å². The number of carbonyl (C=O) groups excluding carboxylic acids is 1. The number of carbonyl (C=O) groups is 2. The Bertz CT molecular complexity index is 1310. The van der Waals surface area contributed by atoms with E-state index < -0.39 is 29.6 Å². The molecule has 1 unspecified atom stereocenters. The number of hydrogen-bond acceptors (Lipinski definition) is 5. The number of para-hydroxylation sites is 2. The number of nitrogens with one attached hydrogen (secondary N) is 1. The third-order valence-electron chi connectivity index (χ3n) is 4.95. The second-order valence-corrected chi connectivity index (χ2v) is 7.36. The van der Waals surface area contributed by atoms with Crippen molar-refractivity contribution in [2.75, 3.05) is 0 Å². The zero-order chi connectivity index (χ0) is 24.1. The third kappa shape index (κ3) is 5.21. The molecule has 0 aliphatic heterocycles. The molecule has 4 rings (SSSR count). The molecule has 0 radical (unpaired) electrons. The zero-order valence-electron chi connectivity index (χ0n) is 17.8. The lowest BCUT2D eigenvalue weighted by atomic mass is 10.0. The molecule has 0 bridgehead atoms. The number of aromatic nitrogens is 2. The summed E-state index contributed by atoms with van der Waals surface area (Å²) < 4.78 is 20.7. The normalized spacial score (nSPS) is 11.6. The van der Waals surface area contributed by atoms with Crippen molar-refractivity contribution in [3.63, 3.8) is 0 Å². The summed E-state index contributed by atoms with van der Waals surface area (Å²) in [5.74, 6) is -1.71. The fraction of sp³-hybridized carbons (Fsp3) is 0.0800. The highest BCUT2D eigenvalue weighted by Crippen LogP contribution is 2.26. The molecule has 8 nitrogen and oxygen atoms in total. The van der Waals surface area contributed by atoms with Crippen LogP contribution in [0.5, 0.6) is 17.4 Å². The molecule has 3 aromatic carbocycles. The fourth-order valence-electron chi connectivity index (χ4n) is 3.33. The number of aliphatic carboxylic acids is 1. The van der Waals surface area contributed by atoms with E-state index in [4.69, 9.17) is 4.74 Å². The van der Waals surface area contributed by atoms with Crippen molar-refractivity contribution in [3.8, 4) is 23.1 Å². The van der Waals surface area contributed by atoms with Crippen LogP contribution < -0.4 is 10.1 Å². The molecular weight excluding hydrogens is 441 g/mol. The van der Waals surface area contributed by atoms with Gasteiger partial charge in [-0.2, -0.15) is 9.78 Å². The van der Waals surface area contributed by atoms with Gasteiger partial charge in [0.05, 0.1) is 12.5 Å². The molecule has 1 aromatic heterocycles. The summed E-state index contributed by atoms with van der Waals surface area (Å²) in [6.45, 7) is 0. The summed E-state index contributed by atoms with van der Waals surface area (Å²) in [6.07, 6.45) is -0.384. The first-order valence-electron chi connectivity index (χ1n) is 10.3. The van der Waals surface area contributed by atoms with Gasteiger partial charge in [0.2, 0.25) is 5.88 Å². The van der Waals surface area contributed by atoms with Crippen molar-refractivity contribution < 1.29 is 28.9 Å². The zero-order valence-corrected chi connectivity index (χ0v) is 17.8. The van der Waals surface area contributed by atoms with Crippen molar-refractivity contribution in [2.24, 2.45) is 0 Å². The quantitative estimate of drug-likeness (QED) is 0.357. The Hall–Kier alpha value is -4.66.